The molecule has 0 radical (unpaired) electrons. The van der Waals surface area contributed by atoms with Gasteiger partial charge >= 0.3 is 0 Å². The minimum absolute atomic E-state index is 0.121. The quantitative estimate of drug-likeness (QED) is 0.167. The lowest BCUT2D eigenvalue weighted by atomic mass is 9.82. The van der Waals surface area contributed by atoms with Gasteiger partial charge in [-0.05, 0) is 116 Å². The molecule has 0 fully saturated rings. The molecule has 3 heteroatoms. The number of hydrogen-bond acceptors (Lipinski definition) is 3. The molecule has 302 valence electrons. The van der Waals surface area contributed by atoms with E-state index >= 15 is 0 Å². The molecule has 2 aromatic heterocycles. The Kier molecular flexibility index (Phi) is 7.95. The molecule has 3 nitrogen and oxygen atoms in total. The molecule has 1 aliphatic carbocycles. The summed E-state index contributed by atoms with van der Waals surface area (Å²) in [5.74, 6) is 0. The second kappa shape index (κ2) is 13.9. The number of benzene rings is 10. The van der Waals surface area contributed by atoms with Crippen molar-refractivity contribution in [3.63, 3.8) is 0 Å². The monoisotopic (exact) mass is 819 g/mol. The lowest BCUT2D eigenvalue weighted by Gasteiger charge is -2.28. The maximum absolute atomic E-state index is 6.70. The van der Waals surface area contributed by atoms with Gasteiger partial charge in [-0.1, -0.05) is 166 Å². The van der Waals surface area contributed by atoms with Gasteiger partial charge in [0, 0.05) is 55.0 Å². The minimum atomic E-state index is -0.121. The summed E-state index contributed by atoms with van der Waals surface area (Å²) in [6, 6.07) is 76.6. The third-order valence-corrected chi connectivity index (χ3v) is 13.7. The van der Waals surface area contributed by atoms with Crippen LogP contribution in [0, 0.1) is 0 Å². The lowest BCUT2D eigenvalue weighted by Crippen LogP contribution is -2.16. The van der Waals surface area contributed by atoms with Gasteiger partial charge in [-0.25, -0.2) is 0 Å². The van der Waals surface area contributed by atoms with Gasteiger partial charge in [0.25, 0.3) is 0 Å². The molecule has 10 aromatic carbocycles. The normalized spacial score (nSPS) is 13.0. The Bertz CT molecular complexity index is 3810. The van der Waals surface area contributed by atoms with Gasteiger partial charge in [-0.3, -0.25) is 0 Å². The molecule has 0 bridgehead atoms. The number of anilines is 3. The highest BCUT2D eigenvalue weighted by Gasteiger charge is 2.35. The summed E-state index contributed by atoms with van der Waals surface area (Å²) >= 11 is 0. The molecular weight excluding hydrogens is 779 g/mol. The van der Waals surface area contributed by atoms with Gasteiger partial charge in [0.15, 0.2) is 0 Å². The molecule has 2 heterocycles. The molecule has 1 aliphatic rings. The van der Waals surface area contributed by atoms with Crippen molar-refractivity contribution >= 4 is 71.7 Å². The molecular formula is C61H41NO2. The lowest BCUT2D eigenvalue weighted by molar-refractivity contribution is 0.660. The molecule has 0 N–H and O–H groups in total. The number of fused-ring (bicyclic) bond motifs is 11. The third kappa shape index (κ3) is 5.54. The molecule has 0 unspecified atom stereocenters. The Hall–Kier alpha value is -8.14. The van der Waals surface area contributed by atoms with E-state index in [2.05, 4.69) is 219 Å². The Morgan fingerprint density at radius 3 is 1.94 bits per heavy atom. The van der Waals surface area contributed by atoms with Crippen LogP contribution in [0.1, 0.15) is 25.0 Å². The fourth-order valence-electron chi connectivity index (χ4n) is 10.6. The van der Waals surface area contributed by atoms with Crippen molar-refractivity contribution in [2.75, 3.05) is 4.90 Å². The highest BCUT2D eigenvalue weighted by atomic mass is 16.3. The summed E-state index contributed by atoms with van der Waals surface area (Å²) in [5.41, 5.74) is 18.9. The number of hydrogen-bond donors (Lipinski definition) is 0. The second-order valence-electron chi connectivity index (χ2n) is 17.6. The number of furan rings is 2. The summed E-state index contributed by atoms with van der Waals surface area (Å²) in [6.45, 7) is 4.70. The molecule has 0 saturated heterocycles. The van der Waals surface area contributed by atoms with Gasteiger partial charge in [-0.2, -0.15) is 0 Å². The third-order valence-electron chi connectivity index (χ3n) is 13.7. The molecule has 64 heavy (non-hydrogen) atoms. The van der Waals surface area contributed by atoms with Crippen LogP contribution in [0.25, 0.3) is 99.2 Å². The van der Waals surface area contributed by atoms with Gasteiger partial charge in [0.2, 0.25) is 0 Å². The predicted molar refractivity (Wildman–Crippen MR) is 267 cm³/mol. The van der Waals surface area contributed by atoms with Crippen molar-refractivity contribution in [2.24, 2.45) is 0 Å². The first-order chi connectivity index (χ1) is 31.5. The molecule has 0 spiro atoms. The van der Waals surface area contributed by atoms with E-state index in [9.17, 15) is 0 Å². The van der Waals surface area contributed by atoms with E-state index < -0.39 is 0 Å². The van der Waals surface area contributed by atoms with Crippen LogP contribution in [0.2, 0.25) is 0 Å². The number of rotatable bonds is 6. The Morgan fingerprint density at radius 2 is 1.03 bits per heavy atom. The van der Waals surface area contributed by atoms with Crippen molar-refractivity contribution in [1.82, 2.24) is 0 Å². The number of nitrogens with zero attached hydrogens (tertiary/aromatic N) is 1. The van der Waals surface area contributed by atoms with Crippen molar-refractivity contribution in [3.8, 4) is 44.5 Å². The second-order valence-corrected chi connectivity index (χ2v) is 17.6. The van der Waals surface area contributed by atoms with E-state index in [4.69, 9.17) is 8.83 Å². The standard InChI is InChI=1S/C61H41NO2/c1-61(2)53-23-8-6-18-48(53)49-33-31-45(37-54(49)61)62(44-17-10-16-41(35-44)38-13-4-3-5-14-38)43-29-25-39(26-30-43)46-20-11-15-40-28-34-56-59(58(40)46)52-32-27-42(36-57(52)63-56)47-21-12-22-51-50-19-7-9-24-55(50)64-60(47)51/h3-37H,1-2H3. The summed E-state index contributed by atoms with van der Waals surface area (Å²) < 4.78 is 13.1. The van der Waals surface area contributed by atoms with E-state index in [1.54, 1.807) is 0 Å². The van der Waals surface area contributed by atoms with E-state index in [0.29, 0.717) is 0 Å². The van der Waals surface area contributed by atoms with Crippen LogP contribution in [0.5, 0.6) is 0 Å². The van der Waals surface area contributed by atoms with Crippen LogP contribution in [-0.2, 0) is 5.41 Å². The fourth-order valence-corrected chi connectivity index (χ4v) is 10.6. The first kappa shape index (κ1) is 36.5. The van der Waals surface area contributed by atoms with Crippen LogP contribution < -0.4 is 4.90 Å². The fraction of sp³-hybridized carbons (Fsp3) is 0.0492. The molecule has 12 aromatic rings. The van der Waals surface area contributed by atoms with Gasteiger partial charge in [0.1, 0.15) is 22.3 Å². The van der Waals surface area contributed by atoms with Gasteiger partial charge in [0.05, 0.1) is 0 Å². The predicted octanol–water partition coefficient (Wildman–Crippen LogP) is 17.4. The van der Waals surface area contributed by atoms with E-state index in [1.807, 2.05) is 12.1 Å². The topological polar surface area (TPSA) is 29.5 Å². The van der Waals surface area contributed by atoms with Crippen molar-refractivity contribution < 1.29 is 8.83 Å². The van der Waals surface area contributed by atoms with Crippen molar-refractivity contribution in [1.29, 1.82) is 0 Å². The van der Waals surface area contributed by atoms with Crippen LogP contribution in [0.4, 0.5) is 17.1 Å². The summed E-state index contributed by atoms with van der Waals surface area (Å²) in [7, 11) is 0. The molecule has 0 aliphatic heterocycles. The Labute approximate surface area is 371 Å². The van der Waals surface area contributed by atoms with Crippen molar-refractivity contribution in [3.05, 3.63) is 223 Å². The van der Waals surface area contributed by atoms with Crippen LogP contribution in [0.15, 0.2) is 221 Å². The average Bonchev–Trinajstić information content (AvgIpc) is 3.99. The van der Waals surface area contributed by atoms with E-state index in [0.717, 1.165) is 77.6 Å². The average molecular weight is 820 g/mol. The van der Waals surface area contributed by atoms with E-state index in [-0.39, 0.29) is 5.41 Å². The summed E-state index contributed by atoms with van der Waals surface area (Å²) in [6.07, 6.45) is 0. The highest BCUT2D eigenvalue weighted by molar-refractivity contribution is 6.23. The van der Waals surface area contributed by atoms with Crippen LogP contribution in [0.3, 0.4) is 0 Å². The molecule has 0 saturated carbocycles. The zero-order valence-corrected chi connectivity index (χ0v) is 35.5. The highest BCUT2D eigenvalue weighted by Crippen LogP contribution is 2.51. The SMILES string of the molecule is CC1(C)c2ccccc2-c2ccc(N(c3ccc(-c4cccc5ccc6oc7cc(-c8cccc9c8oc8ccccc89)ccc7c6c45)cc3)c3cccc(-c4ccccc4)c3)cc21. The molecule has 0 atom stereocenters. The molecule has 13 rings (SSSR count). The maximum atomic E-state index is 6.70. The first-order valence-electron chi connectivity index (χ1n) is 22.1. The van der Waals surface area contributed by atoms with Crippen LogP contribution in [-0.4, -0.2) is 0 Å². The van der Waals surface area contributed by atoms with Gasteiger partial charge in [-0.15, -0.1) is 0 Å². The minimum Gasteiger partial charge on any atom is -0.456 e. The van der Waals surface area contributed by atoms with Crippen molar-refractivity contribution in [2.45, 2.75) is 19.3 Å². The zero-order chi connectivity index (χ0) is 42.5. The van der Waals surface area contributed by atoms with E-state index in [1.165, 1.54) is 49.7 Å². The number of para-hydroxylation sites is 2. The largest absolute Gasteiger partial charge is 0.456 e. The summed E-state index contributed by atoms with van der Waals surface area (Å²) in [5, 5.41) is 6.82. The Balaban J connectivity index is 0.933. The van der Waals surface area contributed by atoms with Gasteiger partial charge < -0.3 is 13.7 Å². The first-order valence-corrected chi connectivity index (χ1v) is 22.1. The smallest absolute Gasteiger partial charge is 0.143 e. The van der Waals surface area contributed by atoms with Crippen LogP contribution >= 0.6 is 0 Å². The Morgan fingerprint density at radius 1 is 0.344 bits per heavy atom. The molecule has 0 amide bonds. The maximum Gasteiger partial charge on any atom is 0.143 e. The zero-order valence-electron chi connectivity index (χ0n) is 35.5. The summed E-state index contributed by atoms with van der Waals surface area (Å²) in [4.78, 5) is 2.41.